The minimum Gasteiger partial charge on any atom is -0.388 e. The summed E-state index contributed by atoms with van der Waals surface area (Å²) >= 11 is 4.63. The fraction of sp³-hybridized carbons (Fsp3) is 0.231. The molecule has 5 heteroatoms. The molecule has 18 heavy (non-hydrogen) atoms. The van der Waals surface area contributed by atoms with Crippen molar-refractivity contribution in [2.24, 2.45) is 5.73 Å². The molecule has 2 aromatic rings. The van der Waals surface area contributed by atoms with E-state index in [0.29, 0.717) is 4.47 Å². The Bertz CT molecular complexity index is 518. The van der Waals surface area contributed by atoms with Crippen LogP contribution in [0.2, 0.25) is 0 Å². The molecule has 0 aliphatic carbocycles. The van der Waals surface area contributed by atoms with Crippen LogP contribution in [-0.4, -0.2) is 11.7 Å². The van der Waals surface area contributed by atoms with Gasteiger partial charge in [-0.05, 0) is 33.4 Å². The minimum absolute atomic E-state index is 0.271. The summed E-state index contributed by atoms with van der Waals surface area (Å²) in [5, 5.41) is 12.2. The lowest BCUT2D eigenvalue weighted by atomic mass is 9.94. The lowest BCUT2D eigenvalue weighted by Crippen LogP contribution is -2.20. The van der Waals surface area contributed by atoms with Crippen LogP contribution < -0.4 is 5.73 Å². The van der Waals surface area contributed by atoms with Gasteiger partial charge in [0.1, 0.15) is 5.82 Å². The first-order chi connectivity index (χ1) is 8.65. The Morgan fingerprint density at radius 2 is 2.11 bits per heavy atom. The lowest BCUT2D eigenvalue weighted by molar-refractivity contribution is 0.144. The Hall–Kier alpha value is -0.750. The first kappa shape index (κ1) is 13.7. The predicted octanol–water partition coefficient (Wildman–Crippen LogP) is 3.43. The quantitative estimate of drug-likeness (QED) is 0.902. The van der Waals surface area contributed by atoms with Crippen molar-refractivity contribution in [2.45, 2.75) is 12.0 Å². The molecule has 0 saturated carbocycles. The van der Waals surface area contributed by atoms with Crippen molar-refractivity contribution >= 4 is 27.3 Å². The number of rotatable bonds is 4. The van der Waals surface area contributed by atoms with Crippen molar-refractivity contribution < 1.29 is 9.50 Å². The van der Waals surface area contributed by atoms with E-state index >= 15 is 0 Å². The van der Waals surface area contributed by atoms with Gasteiger partial charge in [-0.1, -0.05) is 18.2 Å². The smallest absolute Gasteiger partial charge is 0.143 e. The van der Waals surface area contributed by atoms with Gasteiger partial charge in [0.2, 0.25) is 0 Å². The molecule has 0 aliphatic rings. The molecule has 2 nitrogen and oxygen atoms in total. The Morgan fingerprint density at radius 3 is 2.72 bits per heavy atom. The normalized spacial score (nSPS) is 14.4. The molecular weight excluding hydrogens is 317 g/mol. The van der Waals surface area contributed by atoms with Gasteiger partial charge in [-0.2, -0.15) is 0 Å². The Kier molecular flexibility index (Phi) is 4.50. The van der Waals surface area contributed by atoms with Gasteiger partial charge in [-0.25, -0.2) is 4.39 Å². The maximum Gasteiger partial charge on any atom is 0.143 e. The molecule has 0 spiro atoms. The molecule has 2 rings (SSSR count). The van der Waals surface area contributed by atoms with Gasteiger partial charge in [-0.3, -0.25) is 0 Å². The van der Waals surface area contributed by atoms with Crippen molar-refractivity contribution in [1.29, 1.82) is 0 Å². The first-order valence-electron chi connectivity index (χ1n) is 5.50. The number of aliphatic hydroxyl groups is 1. The third-order valence-corrected chi connectivity index (χ3v) is 4.46. The van der Waals surface area contributed by atoms with E-state index in [2.05, 4.69) is 15.9 Å². The van der Waals surface area contributed by atoms with E-state index in [1.165, 1.54) is 11.3 Å². The third-order valence-electron chi connectivity index (χ3n) is 2.84. The fourth-order valence-electron chi connectivity index (χ4n) is 1.87. The van der Waals surface area contributed by atoms with Gasteiger partial charge in [0, 0.05) is 22.9 Å². The van der Waals surface area contributed by atoms with Crippen molar-refractivity contribution in [3.8, 4) is 0 Å². The van der Waals surface area contributed by atoms with Gasteiger partial charge in [-0.15, -0.1) is 11.3 Å². The SMILES string of the molecule is NCC(c1cccs1)C(O)c1cccc(Br)c1F. The number of thiophene rings is 1. The number of aliphatic hydroxyl groups excluding tert-OH is 1. The van der Waals surface area contributed by atoms with Crippen LogP contribution >= 0.6 is 27.3 Å². The third kappa shape index (κ3) is 2.64. The van der Waals surface area contributed by atoms with Crippen LogP contribution in [-0.2, 0) is 0 Å². The summed E-state index contributed by atoms with van der Waals surface area (Å²) in [5.74, 6) is -0.714. The molecule has 0 bridgehead atoms. The molecule has 2 atom stereocenters. The number of halogens is 2. The maximum atomic E-state index is 13.9. The van der Waals surface area contributed by atoms with Crippen LogP contribution in [0, 0.1) is 5.82 Å². The molecule has 0 radical (unpaired) electrons. The van der Waals surface area contributed by atoms with Crippen LogP contribution in [0.1, 0.15) is 22.5 Å². The van der Waals surface area contributed by atoms with Gasteiger partial charge >= 0.3 is 0 Å². The summed E-state index contributed by atoms with van der Waals surface area (Å²) in [5.41, 5.74) is 5.97. The van der Waals surface area contributed by atoms with Crippen LogP contribution in [0.3, 0.4) is 0 Å². The van der Waals surface area contributed by atoms with E-state index in [-0.39, 0.29) is 18.0 Å². The molecule has 96 valence electrons. The highest BCUT2D eigenvalue weighted by atomic mass is 79.9. The molecule has 0 amide bonds. The second kappa shape index (κ2) is 5.93. The minimum atomic E-state index is -0.939. The summed E-state index contributed by atoms with van der Waals surface area (Å²) in [7, 11) is 0. The van der Waals surface area contributed by atoms with Crippen molar-refractivity contribution in [3.63, 3.8) is 0 Å². The molecule has 1 heterocycles. The highest BCUT2D eigenvalue weighted by molar-refractivity contribution is 9.10. The van der Waals surface area contributed by atoms with Crippen LogP contribution in [0.4, 0.5) is 4.39 Å². The zero-order valence-electron chi connectivity index (χ0n) is 9.51. The topological polar surface area (TPSA) is 46.2 Å². The fourth-order valence-corrected chi connectivity index (χ4v) is 3.12. The highest BCUT2D eigenvalue weighted by Crippen LogP contribution is 2.35. The summed E-state index contributed by atoms with van der Waals surface area (Å²) in [6, 6.07) is 8.69. The summed E-state index contributed by atoms with van der Waals surface area (Å²) < 4.78 is 14.3. The zero-order chi connectivity index (χ0) is 13.1. The average Bonchev–Trinajstić information content (AvgIpc) is 2.87. The number of benzene rings is 1. The van der Waals surface area contributed by atoms with E-state index in [0.717, 1.165) is 4.88 Å². The van der Waals surface area contributed by atoms with Gasteiger partial charge in [0.15, 0.2) is 0 Å². The van der Waals surface area contributed by atoms with Crippen molar-refractivity contribution in [1.82, 2.24) is 0 Å². The van der Waals surface area contributed by atoms with E-state index in [9.17, 15) is 9.50 Å². The average molecular weight is 330 g/mol. The van der Waals surface area contributed by atoms with Crippen LogP contribution in [0.15, 0.2) is 40.2 Å². The van der Waals surface area contributed by atoms with Crippen molar-refractivity contribution in [3.05, 3.63) is 56.4 Å². The predicted molar refractivity (Wildman–Crippen MR) is 75.2 cm³/mol. The molecule has 3 N–H and O–H groups in total. The first-order valence-corrected chi connectivity index (χ1v) is 7.18. The zero-order valence-corrected chi connectivity index (χ0v) is 11.9. The maximum absolute atomic E-state index is 13.9. The van der Waals surface area contributed by atoms with E-state index in [1.54, 1.807) is 18.2 Å². The number of nitrogens with two attached hydrogens (primary N) is 1. The van der Waals surface area contributed by atoms with E-state index < -0.39 is 11.9 Å². The second-order valence-electron chi connectivity index (χ2n) is 3.95. The number of hydrogen-bond acceptors (Lipinski definition) is 3. The molecule has 1 aromatic carbocycles. The second-order valence-corrected chi connectivity index (χ2v) is 5.78. The Balaban J connectivity index is 2.35. The molecule has 0 saturated heterocycles. The molecule has 0 aliphatic heterocycles. The van der Waals surface area contributed by atoms with Gasteiger partial charge in [0.05, 0.1) is 10.6 Å². The van der Waals surface area contributed by atoms with Crippen LogP contribution in [0.5, 0.6) is 0 Å². The molecule has 0 fully saturated rings. The largest absolute Gasteiger partial charge is 0.388 e. The van der Waals surface area contributed by atoms with Crippen LogP contribution in [0.25, 0.3) is 0 Å². The molecule has 1 aromatic heterocycles. The lowest BCUT2D eigenvalue weighted by Gasteiger charge is -2.21. The van der Waals surface area contributed by atoms with E-state index in [1.807, 2.05) is 17.5 Å². The Morgan fingerprint density at radius 1 is 1.33 bits per heavy atom. The molecule has 2 unspecified atom stereocenters. The van der Waals surface area contributed by atoms with Crippen molar-refractivity contribution in [2.75, 3.05) is 6.54 Å². The Labute approximate surface area is 117 Å². The summed E-state index contributed by atoms with van der Waals surface area (Å²) in [4.78, 5) is 0.962. The van der Waals surface area contributed by atoms with E-state index in [4.69, 9.17) is 5.73 Å². The molecular formula is C13H13BrFNOS. The monoisotopic (exact) mass is 329 g/mol. The van der Waals surface area contributed by atoms with Gasteiger partial charge < -0.3 is 10.8 Å². The summed E-state index contributed by atoms with van der Waals surface area (Å²) in [6.45, 7) is 0.271. The summed E-state index contributed by atoms with van der Waals surface area (Å²) in [6.07, 6.45) is -0.939. The number of hydrogen-bond donors (Lipinski definition) is 2. The standard InChI is InChI=1S/C13H13BrFNOS/c14-10-4-1-3-8(12(10)15)13(17)9(7-16)11-5-2-6-18-11/h1-6,9,13,17H,7,16H2. The van der Waals surface area contributed by atoms with Gasteiger partial charge in [0.25, 0.3) is 0 Å². The highest BCUT2D eigenvalue weighted by Gasteiger charge is 2.25.